The molecule has 0 saturated carbocycles. The number of nitrogen functional groups attached to an aromatic ring is 2. The Balaban J connectivity index is 1.55. The zero-order valence-corrected chi connectivity index (χ0v) is 20.5. The molecule has 2 aromatic carbocycles. The van der Waals surface area contributed by atoms with E-state index in [1.54, 1.807) is 0 Å². The van der Waals surface area contributed by atoms with Gasteiger partial charge in [-0.25, -0.2) is 9.97 Å². The van der Waals surface area contributed by atoms with E-state index in [0.717, 1.165) is 67.6 Å². The molecule has 6 heteroatoms. The minimum Gasteiger partial charge on any atom is -0.399 e. The lowest BCUT2D eigenvalue weighted by molar-refractivity contribution is 1.16. The van der Waals surface area contributed by atoms with Crippen molar-refractivity contribution in [3.8, 4) is 11.4 Å². The van der Waals surface area contributed by atoms with Gasteiger partial charge < -0.3 is 20.6 Å². The molecule has 0 spiro atoms. The van der Waals surface area contributed by atoms with E-state index in [1.165, 1.54) is 0 Å². The van der Waals surface area contributed by atoms with Gasteiger partial charge in [-0.2, -0.15) is 0 Å². The molecule has 0 atom stereocenters. The molecular formula is C32H24N6. The fourth-order valence-corrected chi connectivity index (χ4v) is 4.95. The van der Waals surface area contributed by atoms with Crippen LogP contribution in [0.2, 0.25) is 0 Å². The minimum absolute atomic E-state index is 0.730. The molecule has 4 N–H and O–H groups in total. The molecule has 5 aromatic rings. The van der Waals surface area contributed by atoms with E-state index in [-0.39, 0.29) is 0 Å². The summed E-state index contributed by atoms with van der Waals surface area (Å²) in [5.74, 6) is 0. The van der Waals surface area contributed by atoms with Crippen LogP contribution in [0, 0.1) is 0 Å². The Morgan fingerprint density at radius 3 is 0.974 bits per heavy atom. The predicted octanol–water partition coefficient (Wildman–Crippen LogP) is 6.75. The second kappa shape index (κ2) is 8.64. The molecule has 5 heterocycles. The fourth-order valence-electron chi connectivity index (χ4n) is 4.95. The second-order valence-electron chi connectivity index (χ2n) is 9.39. The molecule has 0 amide bonds. The SMILES string of the molecule is Nc1ccc(-n2c3ccc2cc2nc(cc4ccc(cc5nc(c3)C=C5)n4-c3ccc(N)cc3)C=C2)cc1. The number of nitrogens with zero attached hydrogens (tertiary/aromatic N) is 4. The summed E-state index contributed by atoms with van der Waals surface area (Å²) in [4.78, 5) is 9.81. The maximum Gasteiger partial charge on any atom is 0.0658 e. The molecule has 0 unspecified atom stereocenters. The molecule has 0 saturated heterocycles. The molecule has 7 rings (SSSR count). The highest BCUT2D eigenvalue weighted by molar-refractivity contribution is 5.80. The quantitative estimate of drug-likeness (QED) is 0.262. The first-order valence-electron chi connectivity index (χ1n) is 12.4. The Labute approximate surface area is 219 Å². The number of hydrogen-bond donors (Lipinski definition) is 2. The highest BCUT2D eigenvalue weighted by atomic mass is 15.0. The number of aromatic nitrogens is 4. The van der Waals surface area contributed by atoms with E-state index < -0.39 is 0 Å². The summed E-state index contributed by atoms with van der Waals surface area (Å²) in [6.45, 7) is 0. The molecule has 2 aliphatic rings. The van der Waals surface area contributed by atoms with Gasteiger partial charge >= 0.3 is 0 Å². The average molecular weight is 493 g/mol. The van der Waals surface area contributed by atoms with Crippen LogP contribution in [0.4, 0.5) is 11.4 Å². The molecule has 0 aliphatic carbocycles. The highest BCUT2D eigenvalue weighted by Crippen LogP contribution is 2.25. The van der Waals surface area contributed by atoms with Gasteiger partial charge in [-0.15, -0.1) is 0 Å². The van der Waals surface area contributed by atoms with Crippen LogP contribution in [0.5, 0.6) is 0 Å². The van der Waals surface area contributed by atoms with E-state index in [9.17, 15) is 0 Å². The standard InChI is InChI=1S/C32H24N6/c33-21-1-9-27(10-2-21)37-29-13-14-30(37)18-24-6-8-26(36-24)20-32-16-15-31(19-25-7-5-23(17-29)35-25)38(32)28-11-3-22(34)4-12-28/h1-20H,33-34H2. The summed E-state index contributed by atoms with van der Waals surface area (Å²) in [5, 5.41) is 0. The summed E-state index contributed by atoms with van der Waals surface area (Å²) < 4.78 is 4.39. The van der Waals surface area contributed by atoms with Crippen LogP contribution in [0.15, 0.2) is 97.1 Å². The van der Waals surface area contributed by atoms with Crippen molar-refractivity contribution in [2.75, 3.05) is 11.5 Å². The van der Waals surface area contributed by atoms with E-state index >= 15 is 0 Å². The van der Waals surface area contributed by atoms with Gasteiger partial charge in [0.25, 0.3) is 0 Å². The van der Waals surface area contributed by atoms with Crippen molar-refractivity contribution in [1.29, 1.82) is 0 Å². The first kappa shape index (κ1) is 21.9. The summed E-state index contributed by atoms with van der Waals surface area (Å²) in [6, 6.07) is 32.6. The molecule has 3 aromatic heterocycles. The van der Waals surface area contributed by atoms with E-state index in [1.807, 2.05) is 72.8 Å². The molecule has 38 heavy (non-hydrogen) atoms. The van der Waals surface area contributed by atoms with Crippen LogP contribution < -0.4 is 11.5 Å². The number of fused-ring (bicyclic) bond motifs is 8. The Morgan fingerprint density at radius 1 is 0.395 bits per heavy atom. The van der Waals surface area contributed by atoms with Crippen molar-refractivity contribution in [2.24, 2.45) is 0 Å². The van der Waals surface area contributed by atoms with Crippen molar-refractivity contribution in [2.45, 2.75) is 0 Å². The maximum atomic E-state index is 5.97. The Bertz CT molecular complexity index is 1690. The normalized spacial score (nSPS) is 12.2. The number of anilines is 2. The summed E-state index contributed by atoms with van der Waals surface area (Å²) >= 11 is 0. The Morgan fingerprint density at radius 2 is 0.684 bits per heavy atom. The molecular weight excluding hydrogens is 468 g/mol. The molecule has 182 valence electrons. The number of hydrogen-bond acceptors (Lipinski definition) is 4. The van der Waals surface area contributed by atoms with Crippen LogP contribution in [-0.2, 0) is 0 Å². The van der Waals surface area contributed by atoms with Crippen LogP contribution >= 0.6 is 0 Å². The monoisotopic (exact) mass is 492 g/mol. The zero-order chi connectivity index (χ0) is 25.6. The van der Waals surface area contributed by atoms with Gasteiger partial charge in [-0.3, -0.25) is 0 Å². The van der Waals surface area contributed by atoms with Gasteiger partial charge in [-0.05, 0) is 121 Å². The van der Waals surface area contributed by atoms with Crippen molar-refractivity contribution in [3.05, 3.63) is 120 Å². The fraction of sp³-hybridized carbons (Fsp3) is 0. The van der Waals surface area contributed by atoms with Crippen LogP contribution in [0.25, 0.3) is 57.7 Å². The predicted molar refractivity (Wildman–Crippen MR) is 158 cm³/mol. The van der Waals surface area contributed by atoms with Crippen molar-refractivity contribution in [1.82, 2.24) is 19.1 Å². The average Bonchev–Trinajstić information content (AvgIpc) is 3.71. The second-order valence-corrected chi connectivity index (χ2v) is 9.39. The topological polar surface area (TPSA) is 87.7 Å². The zero-order valence-electron chi connectivity index (χ0n) is 20.5. The molecule has 0 radical (unpaired) electrons. The van der Waals surface area contributed by atoms with Gasteiger partial charge in [0.2, 0.25) is 0 Å². The lowest BCUT2D eigenvalue weighted by Crippen LogP contribution is -1.95. The summed E-state index contributed by atoms with van der Waals surface area (Å²) in [5.41, 5.74) is 23.0. The third-order valence-electron chi connectivity index (χ3n) is 6.73. The van der Waals surface area contributed by atoms with Gasteiger partial charge in [-0.1, -0.05) is 0 Å². The van der Waals surface area contributed by atoms with E-state index in [0.29, 0.717) is 0 Å². The van der Waals surface area contributed by atoms with E-state index in [2.05, 4.69) is 57.7 Å². The van der Waals surface area contributed by atoms with Crippen LogP contribution in [0.1, 0.15) is 22.8 Å². The smallest absolute Gasteiger partial charge is 0.0658 e. The van der Waals surface area contributed by atoms with Crippen molar-refractivity contribution >= 4 is 57.7 Å². The number of benzene rings is 2. The lowest BCUT2D eigenvalue weighted by Gasteiger charge is -2.07. The highest BCUT2D eigenvalue weighted by Gasteiger charge is 2.09. The Kier molecular flexibility index (Phi) is 4.97. The largest absolute Gasteiger partial charge is 0.399 e. The third kappa shape index (κ3) is 3.94. The minimum atomic E-state index is 0.730. The van der Waals surface area contributed by atoms with Crippen LogP contribution in [0.3, 0.4) is 0 Å². The lowest BCUT2D eigenvalue weighted by atomic mass is 10.2. The number of nitrogens with two attached hydrogens (primary N) is 2. The first-order chi connectivity index (χ1) is 18.6. The number of rotatable bonds is 2. The maximum absolute atomic E-state index is 5.97. The third-order valence-corrected chi connectivity index (χ3v) is 6.73. The van der Waals surface area contributed by atoms with Crippen molar-refractivity contribution in [3.63, 3.8) is 0 Å². The Hall–Kier alpha value is -5.36. The van der Waals surface area contributed by atoms with Gasteiger partial charge in [0.05, 0.1) is 22.8 Å². The summed E-state index contributed by atoms with van der Waals surface area (Å²) in [6.07, 6.45) is 8.17. The van der Waals surface area contributed by atoms with Gasteiger partial charge in [0.1, 0.15) is 0 Å². The van der Waals surface area contributed by atoms with Gasteiger partial charge in [0.15, 0.2) is 0 Å². The first-order valence-corrected chi connectivity index (χ1v) is 12.4. The van der Waals surface area contributed by atoms with E-state index in [4.69, 9.17) is 21.4 Å². The van der Waals surface area contributed by atoms with Gasteiger partial charge in [0, 0.05) is 44.8 Å². The molecule has 0 fully saturated rings. The molecule has 6 nitrogen and oxygen atoms in total. The molecule has 2 aliphatic heterocycles. The summed E-state index contributed by atoms with van der Waals surface area (Å²) in [7, 11) is 0. The van der Waals surface area contributed by atoms with Crippen LogP contribution in [-0.4, -0.2) is 19.1 Å². The van der Waals surface area contributed by atoms with Crippen molar-refractivity contribution < 1.29 is 0 Å². The molecule has 8 bridgehead atoms.